The van der Waals surface area contributed by atoms with E-state index in [-0.39, 0.29) is 11.5 Å². The second-order valence-corrected chi connectivity index (χ2v) is 8.07. The Morgan fingerprint density at radius 2 is 2.12 bits per heavy atom. The Bertz CT molecular complexity index is 1270. The van der Waals surface area contributed by atoms with Gasteiger partial charge in [-0.05, 0) is 54.7 Å². The van der Waals surface area contributed by atoms with Crippen molar-refractivity contribution in [1.29, 1.82) is 5.26 Å². The van der Waals surface area contributed by atoms with Crippen LogP contribution in [-0.2, 0) is 18.3 Å². The lowest BCUT2D eigenvalue weighted by Crippen LogP contribution is -2.43. The van der Waals surface area contributed by atoms with Crippen molar-refractivity contribution in [3.05, 3.63) is 89.7 Å². The molecule has 3 aromatic rings. The average Bonchev–Trinajstić information content (AvgIpc) is 3.29. The molecule has 172 valence electrons. The van der Waals surface area contributed by atoms with Crippen molar-refractivity contribution in [3.8, 4) is 17.2 Å². The number of carbonyl (C=O) groups excluding carboxylic acids is 1. The summed E-state index contributed by atoms with van der Waals surface area (Å²) in [4.78, 5) is 17.5. The summed E-state index contributed by atoms with van der Waals surface area (Å²) >= 11 is 0. The first kappa shape index (κ1) is 23.1. The normalized spacial score (nSPS) is 13.7. The van der Waals surface area contributed by atoms with Gasteiger partial charge in [0.15, 0.2) is 0 Å². The SMILES string of the molecule is Cn1cc(-c2ccc(NC(=O)C(NCCc3ccc(C#N)c(F)c3)C3=CCCC=C3)nc2)cn1. The van der Waals surface area contributed by atoms with Crippen LogP contribution >= 0.6 is 0 Å². The van der Waals surface area contributed by atoms with Gasteiger partial charge >= 0.3 is 0 Å². The Balaban J connectivity index is 1.42. The number of allylic oxidation sites excluding steroid dienone is 2. The minimum Gasteiger partial charge on any atom is -0.309 e. The highest BCUT2D eigenvalue weighted by Crippen LogP contribution is 2.20. The summed E-state index contributed by atoms with van der Waals surface area (Å²) in [5.41, 5.74) is 3.52. The summed E-state index contributed by atoms with van der Waals surface area (Å²) in [5, 5.41) is 19.2. The van der Waals surface area contributed by atoms with Crippen LogP contribution in [0.5, 0.6) is 0 Å². The number of hydrogen-bond donors (Lipinski definition) is 2. The fourth-order valence-electron chi connectivity index (χ4n) is 3.78. The molecular weight excluding hydrogens is 431 g/mol. The van der Waals surface area contributed by atoms with Crippen LogP contribution < -0.4 is 10.6 Å². The molecule has 7 nitrogen and oxygen atoms in total. The van der Waals surface area contributed by atoms with Crippen LogP contribution in [0.25, 0.3) is 11.1 Å². The minimum absolute atomic E-state index is 0.0218. The number of rotatable bonds is 8. The van der Waals surface area contributed by atoms with Crippen LogP contribution in [-0.4, -0.2) is 33.3 Å². The Morgan fingerprint density at radius 1 is 1.24 bits per heavy atom. The highest BCUT2D eigenvalue weighted by atomic mass is 19.1. The number of nitriles is 1. The van der Waals surface area contributed by atoms with E-state index in [9.17, 15) is 9.18 Å². The maximum atomic E-state index is 13.9. The molecule has 1 aliphatic carbocycles. The molecule has 1 amide bonds. The van der Waals surface area contributed by atoms with Gasteiger partial charge in [-0.25, -0.2) is 9.37 Å². The highest BCUT2D eigenvalue weighted by Gasteiger charge is 2.22. The number of amides is 1. The van der Waals surface area contributed by atoms with Crippen LogP contribution in [0.2, 0.25) is 0 Å². The third-order valence-electron chi connectivity index (χ3n) is 5.59. The van der Waals surface area contributed by atoms with Crippen molar-refractivity contribution < 1.29 is 9.18 Å². The molecule has 2 aromatic heterocycles. The molecule has 2 N–H and O–H groups in total. The zero-order valence-electron chi connectivity index (χ0n) is 18.8. The lowest BCUT2D eigenvalue weighted by atomic mass is 9.99. The van der Waals surface area contributed by atoms with Crippen molar-refractivity contribution in [1.82, 2.24) is 20.1 Å². The summed E-state index contributed by atoms with van der Waals surface area (Å²) in [6.45, 7) is 0.460. The van der Waals surface area contributed by atoms with Crippen molar-refractivity contribution in [3.63, 3.8) is 0 Å². The molecule has 0 fully saturated rings. The largest absolute Gasteiger partial charge is 0.309 e. The predicted molar refractivity (Wildman–Crippen MR) is 128 cm³/mol. The van der Waals surface area contributed by atoms with Gasteiger partial charge in [0.1, 0.15) is 23.7 Å². The predicted octanol–water partition coefficient (Wildman–Crippen LogP) is 3.91. The first-order valence-corrected chi connectivity index (χ1v) is 11.1. The fourth-order valence-corrected chi connectivity index (χ4v) is 3.78. The van der Waals surface area contributed by atoms with Crippen LogP contribution in [0.1, 0.15) is 24.0 Å². The van der Waals surface area contributed by atoms with Crippen molar-refractivity contribution in [2.24, 2.45) is 7.05 Å². The number of nitrogens with zero attached hydrogens (tertiary/aromatic N) is 4. The van der Waals surface area contributed by atoms with Gasteiger partial charge in [-0.1, -0.05) is 24.3 Å². The van der Waals surface area contributed by atoms with Gasteiger partial charge < -0.3 is 10.6 Å². The molecule has 34 heavy (non-hydrogen) atoms. The summed E-state index contributed by atoms with van der Waals surface area (Å²) in [6.07, 6.45) is 13.8. The summed E-state index contributed by atoms with van der Waals surface area (Å²) < 4.78 is 15.6. The lowest BCUT2D eigenvalue weighted by molar-refractivity contribution is -0.117. The van der Waals surface area contributed by atoms with Crippen LogP contribution in [0.4, 0.5) is 10.2 Å². The van der Waals surface area contributed by atoms with Gasteiger partial charge in [0.05, 0.1) is 11.8 Å². The first-order valence-electron chi connectivity index (χ1n) is 11.1. The molecule has 0 bridgehead atoms. The highest BCUT2D eigenvalue weighted by molar-refractivity contribution is 5.96. The fraction of sp³-hybridized carbons (Fsp3) is 0.231. The molecule has 0 radical (unpaired) electrons. The summed E-state index contributed by atoms with van der Waals surface area (Å²) in [5.74, 6) is -0.294. The van der Waals surface area contributed by atoms with Gasteiger partial charge in [-0.3, -0.25) is 9.48 Å². The topological polar surface area (TPSA) is 95.6 Å². The van der Waals surface area contributed by atoms with E-state index in [1.54, 1.807) is 29.2 Å². The van der Waals surface area contributed by atoms with Gasteiger partial charge in [-0.15, -0.1) is 0 Å². The molecule has 1 aromatic carbocycles. The molecule has 0 spiro atoms. The quantitative estimate of drug-likeness (QED) is 0.536. The Hall–Kier alpha value is -4.09. The smallest absolute Gasteiger partial charge is 0.247 e. The van der Waals surface area contributed by atoms with Gasteiger partial charge in [0.25, 0.3) is 0 Å². The van der Waals surface area contributed by atoms with Crippen molar-refractivity contribution >= 4 is 11.7 Å². The van der Waals surface area contributed by atoms with E-state index in [2.05, 4.69) is 26.8 Å². The maximum absolute atomic E-state index is 13.9. The molecule has 1 unspecified atom stereocenters. The number of pyridine rings is 1. The second-order valence-electron chi connectivity index (χ2n) is 8.07. The van der Waals surface area contributed by atoms with E-state index in [0.29, 0.717) is 18.8 Å². The summed E-state index contributed by atoms with van der Waals surface area (Å²) in [6, 6.07) is 9.48. The molecule has 0 aliphatic heterocycles. The molecular formula is C26H25FN6O. The lowest BCUT2D eigenvalue weighted by Gasteiger charge is -2.21. The molecule has 1 atom stereocenters. The number of aryl methyl sites for hydroxylation is 1. The zero-order chi connectivity index (χ0) is 23.9. The number of aromatic nitrogens is 3. The Morgan fingerprint density at radius 3 is 2.76 bits per heavy atom. The van der Waals surface area contributed by atoms with E-state index in [1.165, 1.54) is 12.1 Å². The average molecular weight is 457 g/mol. The number of halogens is 1. The number of carbonyl (C=O) groups is 1. The zero-order valence-corrected chi connectivity index (χ0v) is 18.8. The van der Waals surface area contributed by atoms with E-state index in [1.807, 2.05) is 37.5 Å². The molecule has 8 heteroatoms. The standard InChI is InChI=1S/C26H25FN6O/c1-33-17-22(16-31-33)21-9-10-24(30-15-21)32-26(34)25(19-5-3-2-4-6-19)29-12-11-18-7-8-20(14-28)23(27)13-18/h3,5-10,13,15-17,25,29H,2,4,11-12H2,1H3,(H,30,32,34). The number of anilines is 1. The number of hydrogen-bond acceptors (Lipinski definition) is 5. The van der Waals surface area contributed by atoms with Crippen LogP contribution in [0.15, 0.2) is 72.7 Å². The van der Waals surface area contributed by atoms with Gasteiger partial charge in [0.2, 0.25) is 5.91 Å². The molecule has 0 saturated carbocycles. The number of benzene rings is 1. The summed E-state index contributed by atoms with van der Waals surface area (Å²) in [7, 11) is 1.85. The molecule has 0 saturated heterocycles. The van der Waals surface area contributed by atoms with Crippen LogP contribution in [0, 0.1) is 17.1 Å². The molecule has 4 rings (SSSR count). The molecule has 1 aliphatic rings. The Kier molecular flexibility index (Phi) is 7.25. The van der Waals surface area contributed by atoms with E-state index in [0.717, 1.165) is 35.1 Å². The third-order valence-corrected chi connectivity index (χ3v) is 5.59. The van der Waals surface area contributed by atoms with E-state index < -0.39 is 11.9 Å². The van der Waals surface area contributed by atoms with E-state index in [4.69, 9.17) is 5.26 Å². The minimum atomic E-state index is -0.570. The van der Waals surface area contributed by atoms with Crippen molar-refractivity contribution in [2.75, 3.05) is 11.9 Å². The third kappa shape index (κ3) is 5.63. The van der Waals surface area contributed by atoms with Crippen molar-refractivity contribution in [2.45, 2.75) is 25.3 Å². The van der Waals surface area contributed by atoms with Crippen LogP contribution in [0.3, 0.4) is 0 Å². The monoisotopic (exact) mass is 456 g/mol. The van der Waals surface area contributed by atoms with Gasteiger partial charge in [0, 0.05) is 37.1 Å². The van der Waals surface area contributed by atoms with E-state index >= 15 is 0 Å². The number of nitrogens with one attached hydrogen (secondary N) is 2. The van der Waals surface area contributed by atoms with Gasteiger partial charge in [-0.2, -0.15) is 10.4 Å². The Labute approximate surface area is 197 Å². The maximum Gasteiger partial charge on any atom is 0.247 e. The second kappa shape index (κ2) is 10.7. The molecule has 2 heterocycles. The first-order chi connectivity index (χ1) is 16.5.